The average molecular weight is 339 g/mol. The van der Waals surface area contributed by atoms with Gasteiger partial charge in [-0.05, 0) is 37.1 Å². The van der Waals surface area contributed by atoms with Gasteiger partial charge in [0.25, 0.3) is 5.91 Å². The molecule has 1 saturated heterocycles. The minimum absolute atomic E-state index is 0.0882. The van der Waals surface area contributed by atoms with Crippen LogP contribution in [0.2, 0.25) is 0 Å². The molecule has 1 N–H and O–H groups in total. The fourth-order valence-electron chi connectivity index (χ4n) is 2.35. The summed E-state index contributed by atoms with van der Waals surface area (Å²) in [6.07, 6.45) is 4.60. The van der Waals surface area contributed by atoms with Gasteiger partial charge in [0.05, 0.1) is 5.33 Å². The number of likely N-dealkylation sites (tertiary alicyclic amines) is 1. The summed E-state index contributed by atoms with van der Waals surface area (Å²) in [6.45, 7) is 1.70. The van der Waals surface area contributed by atoms with Crippen LogP contribution < -0.4 is 5.32 Å². The molecule has 0 spiro atoms. The highest BCUT2D eigenvalue weighted by Gasteiger charge is 2.17. The van der Waals surface area contributed by atoms with E-state index in [0.29, 0.717) is 11.3 Å². The molecule has 1 heterocycles. The van der Waals surface area contributed by atoms with Gasteiger partial charge in [-0.2, -0.15) is 0 Å². The molecule has 0 atom stereocenters. The topological polar surface area (TPSA) is 49.4 Å². The zero-order valence-electron chi connectivity index (χ0n) is 11.4. The van der Waals surface area contributed by atoms with Crippen molar-refractivity contribution in [3.8, 4) is 0 Å². The Morgan fingerprint density at radius 1 is 1.05 bits per heavy atom. The van der Waals surface area contributed by atoms with E-state index in [9.17, 15) is 9.59 Å². The van der Waals surface area contributed by atoms with E-state index in [-0.39, 0.29) is 17.1 Å². The molecule has 1 fully saturated rings. The lowest BCUT2D eigenvalue weighted by Crippen LogP contribution is -2.31. The first-order valence-corrected chi connectivity index (χ1v) is 8.08. The minimum Gasteiger partial charge on any atom is -0.339 e. The van der Waals surface area contributed by atoms with Crippen LogP contribution in [-0.2, 0) is 4.79 Å². The van der Waals surface area contributed by atoms with E-state index in [1.807, 2.05) is 4.90 Å². The lowest BCUT2D eigenvalue weighted by atomic mass is 10.1. The van der Waals surface area contributed by atoms with E-state index in [0.717, 1.165) is 25.9 Å². The summed E-state index contributed by atoms with van der Waals surface area (Å²) in [4.78, 5) is 25.6. The van der Waals surface area contributed by atoms with Gasteiger partial charge in [0.2, 0.25) is 5.91 Å². The van der Waals surface area contributed by atoms with Crippen LogP contribution in [0.3, 0.4) is 0 Å². The monoisotopic (exact) mass is 338 g/mol. The molecule has 1 aromatic rings. The molecule has 0 bridgehead atoms. The van der Waals surface area contributed by atoms with E-state index in [1.165, 1.54) is 12.8 Å². The van der Waals surface area contributed by atoms with Gasteiger partial charge in [0.15, 0.2) is 0 Å². The van der Waals surface area contributed by atoms with Crippen LogP contribution in [0.15, 0.2) is 24.3 Å². The number of halogens is 1. The summed E-state index contributed by atoms with van der Waals surface area (Å²) in [5.74, 6) is -0.0122. The van der Waals surface area contributed by atoms with Gasteiger partial charge in [-0.3, -0.25) is 9.59 Å². The summed E-state index contributed by atoms with van der Waals surface area (Å²) >= 11 is 3.10. The molecule has 20 heavy (non-hydrogen) atoms. The molecule has 1 aromatic carbocycles. The van der Waals surface area contributed by atoms with Crippen molar-refractivity contribution in [1.29, 1.82) is 0 Å². The van der Waals surface area contributed by atoms with Crippen molar-refractivity contribution in [2.24, 2.45) is 0 Å². The van der Waals surface area contributed by atoms with Crippen LogP contribution in [0.5, 0.6) is 0 Å². The molecule has 4 nitrogen and oxygen atoms in total. The van der Waals surface area contributed by atoms with Crippen molar-refractivity contribution in [3.05, 3.63) is 29.8 Å². The number of hydrogen-bond acceptors (Lipinski definition) is 2. The third-order valence-electron chi connectivity index (χ3n) is 3.43. The molecule has 2 rings (SSSR count). The first kappa shape index (κ1) is 15.0. The molecule has 0 unspecified atom stereocenters. The van der Waals surface area contributed by atoms with E-state index in [1.54, 1.807) is 24.3 Å². The fourth-order valence-corrected chi connectivity index (χ4v) is 2.49. The number of anilines is 1. The van der Waals surface area contributed by atoms with E-state index >= 15 is 0 Å². The summed E-state index contributed by atoms with van der Waals surface area (Å²) < 4.78 is 0. The van der Waals surface area contributed by atoms with Crippen LogP contribution in [0.1, 0.15) is 36.0 Å². The van der Waals surface area contributed by atoms with Crippen LogP contribution in [0, 0.1) is 0 Å². The first-order valence-electron chi connectivity index (χ1n) is 6.96. The van der Waals surface area contributed by atoms with E-state index in [4.69, 9.17) is 0 Å². The number of benzene rings is 1. The number of nitrogens with one attached hydrogen (secondary N) is 1. The standard InChI is InChI=1S/C15H19BrN2O2/c16-11-14(19)17-13-7-5-12(6-8-13)15(20)18-9-3-1-2-4-10-18/h5-8H,1-4,9-11H2,(H,17,19). The third-order valence-corrected chi connectivity index (χ3v) is 3.94. The number of carbonyl (C=O) groups excluding carboxylic acids is 2. The molecule has 108 valence electrons. The molecule has 0 aliphatic carbocycles. The van der Waals surface area contributed by atoms with Crippen LogP contribution in [0.25, 0.3) is 0 Å². The first-order chi connectivity index (χ1) is 9.70. The predicted molar refractivity (Wildman–Crippen MR) is 83.2 cm³/mol. The largest absolute Gasteiger partial charge is 0.339 e. The maximum atomic E-state index is 12.4. The quantitative estimate of drug-likeness (QED) is 0.861. The molecule has 0 aromatic heterocycles. The Bertz CT molecular complexity index is 465. The van der Waals surface area contributed by atoms with Crippen LogP contribution in [0.4, 0.5) is 5.69 Å². The predicted octanol–water partition coefficient (Wildman–Crippen LogP) is 3.04. The zero-order valence-corrected chi connectivity index (χ0v) is 13.0. The number of hydrogen-bond donors (Lipinski definition) is 1. The number of alkyl halides is 1. The molecule has 1 aliphatic rings. The molecular weight excluding hydrogens is 320 g/mol. The van der Waals surface area contributed by atoms with Gasteiger partial charge in [0, 0.05) is 24.3 Å². The highest BCUT2D eigenvalue weighted by atomic mass is 79.9. The number of rotatable bonds is 3. The van der Waals surface area contributed by atoms with E-state index in [2.05, 4.69) is 21.2 Å². The van der Waals surface area contributed by atoms with Crippen molar-refractivity contribution in [2.75, 3.05) is 23.7 Å². The molecule has 2 amide bonds. The second-order valence-electron chi connectivity index (χ2n) is 4.97. The highest BCUT2D eigenvalue weighted by molar-refractivity contribution is 9.09. The molecule has 0 radical (unpaired) electrons. The van der Waals surface area contributed by atoms with E-state index < -0.39 is 0 Å². The van der Waals surface area contributed by atoms with Gasteiger partial charge < -0.3 is 10.2 Å². The molecule has 5 heteroatoms. The molecule has 0 saturated carbocycles. The van der Waals surface area contributed by atoms with Gasteiger partial charge in [0.1, 0.15) is 0 Å². The summed E-state index contributed by atoms with van der Waals surface area (Å²) in [7, 11) is 0. The Hall–Kier alpha value is -1.36. The van der Waals surface area contributed by atoms with Crippen LogP contribution >= 0.6 is 15.9 Å². The van der Waals surface area contributed by atoms with Crippen LogP contribution in [-0.4, -0.2) is 35.1 Å². The average Bonchev–Trinajstić information content (AvgIpc) is 2.76. The van der Waals surface area contributed by atoms with Crippen molar-refractivity contribution in [3.63, 3.8) is 0 Å². The Morgan fingerprint density at radius 2 is 1.65 bits per heavy atom. The Balaban J connectivity index is 2.01. The Kier molecular flexibility index (Phi) is 5.59. The van der Waals surface area contributed by atoms with Crippen molar-refractivity contribution in [2.45, 2.75) is 25.7 Å². The third kappa shape index (κ3) is 4.07. The second kappa shape index (κ2) is 7.43. The Labute approximate surface area is 127 Å². The second-order valence-corrected chi connectivity index (χ2v) is 5.53. The Morgan fingerprint density at radius 3 is 2.20 bits per heavy atom. The minimum atomic E-state index is -0.100. The number of nitrogens with zero attached hydrogens (tertiary/aromatic N) is 1. The fraction of sp³-hybridized carbons (Fsp3) is 0.467. The van der Waals surface area contributed by atoms with Crippen molar-refractivity contribution < 1.29 is 9.59 Å². The van der Waals surface area contributed by atoms with Crippen molar-refractivity contribution in [1.82, 2.24) is 4.90 Å². The normalized spacial score (nSPS) is 15.6. The smallest absolute Gasteiger partial charge is 0.253 e. The molecule has 1 aliphatic heterocycles. The summed E-state index contributed by atoms with van der Waals surface area (Å²) in [6, 6.07) is 7.09. The van der Waals surface area contributed by atoms with Gasteiger partial charge in [-0.15, -0.1) is 0 Å². The van der Waals surface area contributed by atoms with Gasteiger partial charge in [-0.1, -0.05) is 28.8 Å². The lowest BCUT2D eigenvalue weighted by molar-refractivity contribution is -0.113. The highest BCUT2D eigenvalue weighted by Crippen LogP contribution is 2.15. The number of amides is 2. The SMILES string of the molecule is O=C(CBr)Nc1ccc(C(=O)N2CCCCCC2)cc1. The maximum absolute atomic E-state index is 12.4. The zero-order chi connectivity index (χ0) is 14.4. The molecular formula is C15H19BrN2O2. The van der Waals surface area contributed by atoms with Gasteiger partial charge >= 0.3 is 0 Å². The lowest BCUT2D eigenvalue weighted by Gasteiger charge is -2.20. The summed E-state index contributed by atoms with van der Waals surface area (Å²) in [5.41, 5.74) is 1.39. The number of carbonyl (C=O) groups is 2. The summed E-state index contributed by atoms with van der Waals surface area (Å²) in [5, 5.41) is 3.00. The van der Waals surface area contributed by atoms with Gasteiger partial charge in [-0.25, -0.2) is 0 Å². The van der Waals surface area contributed by atoms with Crippen molar-refractivity contribution >= 4 is 33.4 Å². The maximum Gasteiger partial charge on any atom is 0.253 e.